The fraction of sp³-hybridized carbons (Fsp3) is 0.273. The largest absolute Gasteiger partial charge is 0.443 e. The SMILES string of the molecule is Cc1ccc(S(=O)(=O)C#CC[C@@H]2CN(C(=O)N(C)Cc3ccccc3[N+](=O)[O-])C(=O)O2)cc1. The van der Waals surface area contributed by atoms with E-state index in [2.05, 4.69) is 11.2 Å². The Balaban J connectivity index is 1.62. The first-order valence-corrected chi connectivity index (χ1v) is 11.3. The maximum Gasteiger partial charge on any atom is 0.418 e. The molecule has 1 fully saturated rings. The Bertz CT molecular complexity index is 1250. The van der Waals surface area contributed by atoms with Crippen LogP contribution in [0.5, 0.6) is 0 Å². The van der Waals surface area contributed by atoms with E-state index < -0.39 is 33.0 Å². The lowest BCUT2D eigenvalue weighted by Gasteiger charge is -2.21. The molecule has 1 saturated heterocycles. The molecule has 11 heteroatoms. The van der Waals surface area contributed by atoms with Crippen LogP contribution >= 0.6 is 0 Å². The molecule has 0 bridgehead atoms. The normalized spacial score (nSPS) is 15.4. The summed E-state index contributed by atoms with van der Waals surface area (Å²) in [7, 11) is -2.41. The van der Waals surface area contributed by atoms with Gasteiger partial charge in [0, 0.05) is 30.4 Å². The van der Waals surface area contributed by atoms with Crippen LogP contribution in [0.1, 0.15) is 17.5 Å². The van der Waals surface area contributed by atoms with Gasteiger partial charge >= 0.3 is 12.1 Å². The van der Waals surface area contributed by atoms with E-state index in [9.17, 15) is 28.1 Å². The number of carbonyl (C=O) groups is 2. The Morgan fingerprint density at radius 1 is 1.24 bits per heavy atom. The second-order valence-electron chi connectivity index (χ2n) is 7.44. The van der Waals surface area contributed by atoms with Crippen molar-refractivity contribution in [3.63, 3.8) is 0 Å². The Morgan fingerprint density at radius 3 is 2.58 bits per heavy atom. The van der Waals surface area contributed by atoms with Crippen molar-refractivity contribution in [2.75, 3.05) is 13.6 Å². The molecule has 1 heterocycles. The standard InChI is InChI=1S/C22H21N3O7S/c1-16-9-11-19(12-10-16)33(30,31)13-5-7-18-15-24(22(27)32-18)21(26)23(2)14-17-6-3-4-8-20(17)25(28)29/h3-4,6,8-12,18H,7,14-15H2,1-2H3/t18-/m1/s1. The van der Waals surface area contributed by atoms with Gasteiger partial charge in [0.25, 0.3) is 5.69 Å². The molecule has 1 aliphatic heterocycles. The highest BCUT2D eigenvalue weighted by Crippen LogP contribution is 2.21. The van der Waals surface area contributed by atoms with E-state index in [-0.39, 0.29) is 30.1 Å². The summed E-state index contributed by atoms with van der Waals surface area (Å²) in [5.41, 5.74) is 1.09. The Hall–Kier alpha value is -3.91. The van der Waals surface area contributed by atoms with Crippen molar-refractivity contribution in [3.8, 4) is 11.2 Å². The number of nitrogens with zero attached hydrogens (tertiary/aromatic N) is 3. The van der Waals surface area contributed by atoms with Crippen molar-refractivity contribution < 1.29 is 27.7 Å². The second-order valence-corrected chi connectivity index (χ2v) is 9.12. The van der Waals surface area contributed by atoms with Crippen molar-refractivity contribution in [1.29, 1.82) is 0 Å². The monoisotopic (exact) mass is 471 g/mol. The maximum absolute atomic E-state index is 12.7. The van der Waals surface area contributed by atoms with Crippen LogP contribution in [-0.4, -0.2) is 55.0 Å². The van der Waals surface area contributed by atoms with Crippen molar-refractivity contribution in [1.82, 2.24) is 9.80 Å². The number of nitro groups is 1. The van der Waals surface area contributed by atoms with Gasteiger partial charge in [0.05, 0.1) is 22.9 Å². The molecular formula is C22H21N3O7S. The number of imide groups is 1. The molecular weight excluding hydrogens is 450 g/mol. The zero-order chi connectivity index (χ0) is 24.2. The summed E-state index contributed by atoms with van der Waals surface area (Å²) in [4.78, 5) is 37.5. The molecule has 2 aromatic carbocycles. The van der Waals surface area contributed by atoms with Gasteiger partial charge in [-0.2, -0.15) is 0 Å². The molecule has 0 radical (unpaired) electrons. The quantitative estimate of drug-likeness (QED) is 0.284. The van der Waals surface area contributed by atoms with E-state index in [1.54, 1.807) is 18.2 Å². The Morgan fingerprint density at radius 2 is 1.91 bits per heavy atom. The van der Waals surface area contributed by atoms with Crippen LogP contribution in [0.4, 0.5) is 15.3 Å². The number of aryl methyl sites for hydroxylation is 1. The first kappa shape index (κ1) is 23.7. The van der Waals surface area contributed by atoms with Gasteiger partial charge in [0.1, 0.15) is 6.10 Å². The number of hydrogen-bond acceptors (Lipinski definition) is 7. The molecule has 0 aromatic heterocycles. The topological polar surface area (TPSA) is 127 Å². The predicted octanol–water partition coefficient (Wildman–Crippen LogP) is 3.10. The van der Waals surface area contributed by atoms with Gasteiger partial charge in [-0.3, -0.25) is 10.1 Å². The third-order valence-electron chi connectivity index (χ3n) is 4.89. The smallest absolute Gasteiger partial charge is 0.418 e. The van der Waals surface area contributed by atoms with Crippen LogP contribution in [0, 0.1) is 28.2 Å². The van der Waals surface area contributed by atoms with Gasteiger partial charge in [0.15, 0.2) is 0 Å². The average molecular weight is 471 g/mol. The molecule has 3 amide bonds. The van der Waals surface area contributed by atoms with E-state index in [1.165, 1.54) is 42.3 Å². The zero-order valence-corrected chi connectivity index (χ0v) is 18.7. The number of carbonyl (C=O) groups excluding carboxylic acids is 2. The summed E-state index contributed by atoms with van der Waals surface area (Å²) in [6.45, 7) is 1.64. The molecule has 0 spiro atoms. The minimum Gasteiger partial charge on any atom is -0.443 e. The molecule has 3 rings (SSSR count). The summed E-state index contributed by atoms with van der Waals surface area (Å²) in [6, 6.07) is 11.5. The number of cyclic esters (lactones) is 1. The maximum atomic E-state index is 12.7. The Labute approximate surface area is 190 Å². The molecule has 1 atom stereocenters. The second kappa shape index (κ2) is 9.70. The summed E-state index contributed by atoms with van der Waals surface area (Å²) in [6.07, 6.45) is -1.75. The Kier molecular flexibility index (Phi) is 6.98. The third kappa shape index (κ3) is 5.67. The average Bonchev–Trinajstić information content (AvgIpc) is 3.13. The van der Waals surface area contributed by atoms with Crippen molar-refractivity contribution in [2.45, 2.75) is 30.9 Å². The fourth-order valence-corrected chi connectivity index (χ4v) is 4.05. The summed E-state index contributed by atoms with van der Waals surface area (Å²) in [5, 5.41) is 13.4. The molecule has 10 nitrogen and oxygen atoms in total. The number of amides is 3. The number of urea groups is 1. The predicted molar refractivity (Wildman–Crippen MR) is 118 cm³/mol. The molecule has 0 aliphatic carbocycles. The van der Waals surface area contributed by atoms with Crippen molar-refractivity contribution in [2.24, 2.45) is 0 Å². The summed E-state index contributed by atoms with van der Waals surface area (Å²) >= 11 is 0. The number of sulfone groups is 1. The van der Waals surface area contributed by atoms with E-state index >= 15 is 0 Å². The number of para-hydroxylation sites is 1. The van der Waals surface area contributed by atoms with E-state index in [4.69, 9.17) is 4.74 Å². The third-order valence-corrected chi connectivity index (χ3v) is 6.20. The van der Waals surface area contributed by atoms with Crippen LogP contribution in [0.25, 0.3) is 0 Å². The zero-order valence-electron chi connectivity index (χ0n) is 17.9. The molecule has 0 unspecified atom stereocenters. The van der Waals surface area contributed by atoms with Gasteiger partial charge in [-0.15, -0.1) is 0 Å². The summed E-state index contributed by atoms with van der Waals surface area (Å²) < 4.78 is 29.7. The molecule has 2 aromatic rings. The first-order chi connectivity index (χ1) is 15.6. The number of rotatable bonds is 5. The lowest BCUT2D eigenvalue weighted by molar-refractivity contribution is -0.385. The molecule has 172 valence electrons. The minimum atomic E-state index is -3.82. The number of benzene rings is 2. The first-order valence-electron chi connectivity index (χ1n) is 9.85. The van der Waals surface area contributed by atoms with E-state index in [1.807, 2.05) is 6.92 Å². The lowest BCUT2D eigenvalue weighted by atomic mass is 10.2. The van der Waals surface area contributed by atoms with Crippen LogP contribution in [0.3, 0.4) is 0 Å². The number of ether oxygens (including phenoxy) is 1. The molecule has 1 aliphatic rings. The summed E-state index contributed by atoms with van der Waals surface area (Å²) in [5.74, 6) is 2.51. The van der Waals surface area contributed by atoms with Gasteiger partial charge < -0.3 is 9.64 Å². The highest BCUT2D eigenvalue weighted by atomic mass is 32.2. The number of nitro benzene ring substituents is 1. The molecule has 0 N–H and O–H groups in total. The lowest BCUT2D eigenvalue weighted by Crippen LogP contribution is -2.41. The van der Waals surface area contributed by atoms with E-state index in [0.29, 0.717) is 5.56 Å². The van der Waals surface area contributed by atoms with Gasteiger partial charge in [-0.05, 0) is 19.1 Å². The highest BCUT2D eigenvalue weighted by Gasteiger charge is 2.37. The molecule has 33 heavy (non-hydrogen) atoms. The van der Waals surface area contributed by atoms with Crippen LogP contribution in [0.2, 0.25) is 0 Å². The van der Waals surface area contributed by atoms with E-state index in [0.717, 1.165) is 10.5 Å². The van der Waals surface area contributed by atoms with Gasteiger partial charge in [-0.25, -0.2) is 22.9 Å². The van der Waals surface area contributed by atoms with Crippen LogP contribution in [0.15, 0.2) is 53.4 Å². The van der Waals surface area contributed by atoms with Crippen molar-refractivity contribution in [3.05, 3.63) is 69.8 Å². The number of hydrogen-bond donors (Lipinski definition) is 0. The van der Waals surface area contributed by atoms with Crippen LogP contribution < -0.4 is 0 Å². The highest BCUT2D eigenvalue weighted by molar-refractivity contribution is 7.96. The van der Waals surface area contributed by atoms with Crippen molar-refractivity contribution >= 4 is 27.6 Å². The van der Waals surface area contributed by atoms with Crippen LogP contribution in [-0.2, 0) is 21.1 Å². The molecule has 0 saturated carbocycles. The van der Waals surface area contributed by atoms with Gasteiger partial charge in [-0.1, -0.05) is 41.8 Å². The van der Waals surface area contributed by atoms with Gasteiger partial charge in [0.2, 0.25) is 9.84 Å². The minimum absolute atomic E-state index is 0.0671. The fourth-order valence-electron chi connectivity index (χ4n) is 3.16.